The van der Waals surface area contributed by atoms with Crippen LogP contribution in [0, 0.1) is 25.2 Å². The number of hydrogen-bond donors (Lipinski definition) is 0. The number of aryl methyl sites for hydroxylation is 1. The van der Waals surface area contributed by atoms with Crippen molar-refractivity contribution >= 4 is 11.6 Å². The first-order valence-corrected chi connectivity index (χ1v) is 8.93. The van der Waals surface area contributed by atoms with Crippen molar-refractivity contribution in [2.24, 2.45) is 5.92 Å². The van der Waals surface area contributed by atoms with E-state index in [-0.39, 0.29) is 5.92 Å². The van der Waals surface area contributed by atoms with E-state index >= 15 is 0 Å². The first-order valence-electron chi connectivity index (χ1n) is 8.93. The van der Waals surface area contributed by atoms with E-state index in [9.17, 15) is 4.79 Å². The van der Waals surface area contributed by atoms with Crippen molar-refractivity contribution in [1.82, 2.24) is 9.80 Å². The summed E-state index contributed by atoms with van der Waals surface area (Å²) in [6, 6.07) is 8.60. The topological polar surface area (TPSA) is 26.8 Å². The number of hydrogen-bond acceptors (Lipinski definition) is 3. The summed E-state index contributed by atoms with van der Waals surface area (Å²) >= 11 is 0. The molecule has 1 aromatic rings. The molecule has 0 N–H and O–H groups in total. The Morgan fingerprint density at radius 2 is 1.88 bits per heavy atom. The molecule has 24 heavy (non-hydrogen) atoms. The van der Waals surface area contributed by atoms with Gasteiger partial charge in [0.2, 0.25) is 5.91 Å². The molecule has 0 aromatic heterocycles. The number of rotatable bonds is 3. The van der Waals surface area contributed by atoms with E-state index in [1.165, 1.54) is 11.3 Å². The highest BCUT2D eigenvalue weighted by Crippen LogP contribution is 2.22. The Hall–Kier alpha value is -1.99. The molecule has 0 atom stereocenters. The Balaban J connectivity index is 1.50. The highest BCUT2D eigenvalue weighted by atomic mass is 16.2. The zero-order valence-electron chi connectivity index (χ0n) is 14.6. The molecule has 0 aliphatic carbocycles. The van der Waals surface area contributed by atoms with Crippen LogP contribution in [0.15, 0.2) is 24.3 Å². The summed E-state index contributed by atoms with van der Waals surface area (Å²) in [7, 11) is 0. The fraction of sp³-hybridized carbons (Fsp3) is 0.550. The van der Waals surface area contributed by atoms with Crippen LogP contribution in [0.3, 0.4) is 0 Å². The van der Waals surface area contributed by atoms with Crippen molar-refractivity contribution in [3.05, 3.63) is 29.8 Å². The summed E-state index contributed by atoms with van der Waals surface area (Å²) in [5.41, 5.74) is 2.55. The van der Waals surface area contributed by atoms with E-state index in [1.54, 1.807) is 0 Å². The maximum Gasteiger partial charge on any atom is 0.225 e. The average molecular weight is 325 g/mol. The second-order valence-electron chi connectivity index (χ2n) is 6.91. The summed E-state index contributed by atoms with van der Waals surface area (Å²) < 4.78 is 0. The van der Waals surface area contributed by atoms with Crippen LogP contribution >= 0.6 is 0 Å². The fourth-order valence-electron chi connectivity index (χ4n) is 3.74. The Morgan fingerprint density at radius 1 is 1.17 bits per heavy atom. The summed E-state index contributed by atoms with van der Waals surface area (Å²) in [6.45, 7) is 8.23. The quantitative estimate of drug-likeness (QED) is 0.795. The van der Waals surface area contributed by atoms with Gasteiger partial charge < -0.3 is 9.80 Å². The van der Waals surface area contributed by atoms with Crippen molar-refractivity contribution in [2.75, 3.05) is 50.7 Å². The first-order chi connectivity index (χ1) is 11.7. The number of piperazine rings is 1. The highest BCUT2D eigenvalue weighted by Gasteiger charge is 2.30. The van der Waals surface area contributed by atoms with Crippen molar-refractivity contribution in [3.8, 4) is 12.3 Å². The van der Waals surface area contributed by atoms with Crippen LogP contribution in [-0.2, 0) is 4.79 Å². The molecule has 3 rings (SSSR count). The lowest BCUT2D eigenvalue weighted by atomic mass is 9.95. The van der Waals surface area contributed by atoms with Crippen LogP contribution in [0.25, 0.3) is 0 Å². The third kappa shape index (κ3) is 3.91. The lowest BCUT2D eigenvalue weighted by Gasteiger charge is -2.39. The number of carbonyl (C=O) groups is 1. The number of benzene rings is 1. The van der Waals surface area contributed by atoms with Gasteiger partial charge in [0.1, 0.15) is 0 Å². The minimum atomic E-state index is 0.185. The highest BCUT2D eigenvalue weighted by molar-refractivity contribution is 5.79. The Labute approximate surface area is 145 Å². The van der Waals surface area contributed by atoms with E-state index < -0.39 is 0 Å². The first kappa shape index (κ1) is 16.9. The minimum absolute atomic E-state index is 0.185. The molecule has 128 valence electrons. The van der Waals surface area contributed by atoms with Gasteiger partial charge in [0.05, 0.1) is 6.54 Å². The van der Waals surface area contributed by atoms with Crippen LogP contribution in [0.1, 0.15) is 18.4 Å². The molecule has 1 aromatic carbocycles. The van der Waals surface area contributed by atoms with E-state index in [0.717, 1.165) is 52.1 Å². The molecule has 2 fully saturated rings. The summed E-state index contributed by atoms with van der Waals surface area (Å²) in [4.78, 5) is 19.5. The molecule has 2 heterocycles. The van der Waals surface area contributed by atoms with Crippen LogP contribution in [0.4, 0.5) is 5.69 Å². The third-order valence-electron chi connectivity index (χ3n) is 5.21. The summed E-state index contributed by atoms with van der Waals surface area (Å²) in [5, 5.41) is 0. The molecule has 0 bridgehead atoms. The smallest absolute Gasteiger partial charge is 0.225 e. The molecule has 0 saturated carbocycles. The molecule has 4 nitrogen and oxygen atoms in total. The summed E-state index contributed by atoms with van der Waals surface area (Å²) in [5.74, 6) is 3.23. The number of likely N-dealkylation sites (tertiary alicyclic amines) is 1. The maximum atomic E-state index is 12.8. The van der Waals surface area contributed by atoms with Gasteiger partial charge in [-0.05, 0) is 50.6 Å². The molecule has 4 heteroatoms. The minimum Gasteiger partial charge on any atom is -0.368 e. The fourth-order valence-corrected chi connectivity index (χ4v) is 3.74. The normalized spacial score (nSPS) is 20.0. The number of carbonyl (C=O) groups excluding carboxylic acids is 1. The maximum absolute atomic E-state index is 12.8. The van der Waals surface area contributed by atoms with Crippen LogP contribution < -0.4 is 4.90 Å². The number of amides is 1. The van der Waals surface area contributed by atoms with Gasteiger partial charge in [0.15, 0.2) is 0 Å². The molecule has 0 unspecified atom stereocenters. The van der Waals surface area contributed by atoms with E-state index in [1.807, 2.05) is 0 Å². The standard InChI is InChI=1S/C20H27N3O/c1-3-9-21-10-7-18(8-11-21)20(24)23-14-12-22(13-15-23)19-6-4-5-17(2)16-19/h1,4-6,16,18H,7-15H2,2H3. The molecule has 2 aliphatic heterocycles. The van der Waals surface area contributed by atoms with Crippen molar-refractivity contribution in [2.45, 2.75) is 19.8 Å². The number of anilines is 1. The predicted molar refractivity (Wildman–Crippen MR) is 98.0 cm³/mol. The molecule has 0 spiro atoms. The number of piperidine rings is 1. The molecule has 0 radical (unpaired) electrons. The van der Waals surface area contributed by atoms with Gasteiger partial charge in [0, 0.05) is 37.8 Å². The van der Waals surface area contributed by atoms with Gasteiger partial charge in [-0.25, -0.2) is 0 Å². The Bertz CT molecular complexity index is 606. The second kappa shape index (κ2) is 7.72. The monoisotopic (exact) mass is 325 g/mol. The van der Waals surface area contributed by atoms with E-state index in [2.05, 4.69) is 51.8 Å². The molecule has 1 amide bonds. The molecular formula is C20H27N3O. The van der Waals surface area contributed by atoms with Gasteiger partial charge in [0.25, 0.3) is 0 Å². The zero-order valence-corrected chi connectivity index (χ0v) is 14.6. The summed E-state index contributed by atoms with van der Waals surface area (Å²) in [6.07, 6.45) is 7.26. The van der Waals surface area contributed by atoms with Crippen LogP contribution in [0.2, 0.25) is 0 Å². The number of nitrogens with zero attached hydrogens (tertiary/aromatic N) is 3. The second-order valence-corrected chi connectivity index (χ2v) is 6.91. The lowest BCUT2D eigenvalue weighted by molar-refractivity contribution is -0.137. The van der Waals surface area contributed by atoms with Gasteiger partial charge >= 0.3 is 0 Å². The Morgan fingerprint density at radius 3 is 2.50 bits per heavy atom. The van der Waals surface area contributed by atoms with Gasteiger partial charge in [-0.15, -0.1) is 6.42 Å². The molecule has 2 aliphatic rings. The van der Waals surface area contributed by atoms with Crippen molar-refractivity contribution in [3.63, 3.8) is 0 Å². The van der Waals surface area contributed by atoms with Gasteiger partial charge in [-0.1, -0.05) is 18.1 Å². The lowest BCUT2D eigenvalue weighted by Crippen LogP contribution is -2.51. The number of terminal acetylenes is 1. The largest absolute Gasteiger partial charge is 0.368 e. The van der Waals surface area contributed by atoms with Crippen LogP contribution in [0.5, 0.6) is 0 Å². The van der Waals surface area contributed by atoms with Crippen molar-refractivity contribution < 1.29 is 4.79 Å². The molecule has 2 saturated heterocycles. The van der Waals surface area contributed by atoms with Crippen molar-refractivity contribution in [1.29, 1.82) is 0 Å². The average Bonchev–Trinajstić information content (AvgIpc) is 2.62. The van der Waals surface area contributed by atoms with Gasteiger partial charge in [-0.2, -0.15) is 0 Å². The van der Waals surface area contributed by atoms with E-state index in [4.69, 9.17) is 6.42 Å². The van der Waals surface area contributed by atoms with Gasteiger partial charge in [-0.3, -0.25) is 9.69 Å². The van der Waals surface area contributed by atoms with E-state index in [0.29, 0.717) is 12.5 Å². The zero-order chi connectivity index (χ0) is 16.9. The van der Waals surface area contributed by atoms with Crippen LogP contribution in [-0.4, -0.2) is 61.5 Å². The predicted octanol–water partition coefficient (Wildman–Crippen LogP) is 1.99. The third-order valence-corrected chi connectivity index (χ3v) is 5.21. The Kier molecular flexibility index (Phi) is 5.42. The molecular weight excluding hydrogens is 298 g/mol. The SMILES string of the molecule is C#CCN1CCC(C(=O)N2CCN(c3cccc(C)c3)CC2)CC1.